The molecule has 1 amide bonds. The Morgan fingerprint density at radius 3 is 2.85 bits per heavy atom. The number of likely N-dealkylation sites (N-methyl/N-ethyl adjacent to an activating group) is 1. The minimum atomic E-state index is -4.65. The first kappa shape index (κ1) is 23.1. The van der Waals surface area contributed by atoms with Crippen LogP contribution in [-0.2, 0) is 10.9 Å². The zero-order valence-electron chi connectivity index (χ0n) is 17.9. The summed E-state index contributed by atoms with van der Waals surface area (Å²) in [4.78, 5) is 24.7. The Labute approximate surface area is 192 Å². The highest BCUT2D eigenvalue weighted by Gasteiger charge is 2.36. The lowest BCUT2D eigenvalue weighted by atomic mass is 10.0. The van der Waals surface area contributed by atoms with Gasteiger partial charge in [-0.15, -0.1) is 0 Å². The van der Waals surface area contributed by atoms with Gasteiger partial charge in [-0.3, -0.25) is 5.32 Å². The second-order valence-electron chi connectivity index (χ2n) is 7.87. The largest absolute Gasteiger partial charge is 0.453 e. The van der Waals surface area contributed by atoms with E-state index < -0.39 is 17.8 Å². The number of fused-ring (bicyclic) bond motifs is 1. The van der Waals surface area contributed by atoms with Crippen molar-refractivity contribution in [3.05, 3.63) is 35.1 Å². The maximum absolute atomic E-state index is 13.8. The molecule has 0 spiro atoms. The molecule has 3 N–H and O–H groups in total. The van der Waals surface area contributed by atoms with Crippen LogP contribution in [0.1, 0.15) is 18.4 Å². The molecule has 1 saturated heterocycles. The fourth-order valence-corrected chi connectivity index (χ4v) is 4.21. The number of halogens is 4. The van der Waals surface area contributed by atoms with Crippen LogP contribution >= 0.6 is 11.6 Å². The summed E-state index contributed by atoms with van der Waals surface area (Å²) >= 11 is 6.37. The molecule has 0 unspecified atom stereocenters. The van der Waals surface area contributed by atoms with Crippen LogP contribution in [0.2, 0.25) is 5.02 Å². The fraction of sp³-hybridized carbons (Fsp3) is 0.381. The average molecular weight is 483 g/mol. The van der Waals surface area contributed by atoms with E-state index in [1.165, 1.54) is 19.4 Å². The first-order valence-electron chi connectivity index (χ1n) is 10.2. The van der Waals surface area contributed by atoms with Crippen molar-refractivity contribution in [2.75, 3.05) is 37.9 Å². The average Bonchev–Trinajstić information content (AvgIpc) is 3.19. The lowest BCUT2D eigenvalue weighted by molar-refractivity contribution is -0.137. The van der Waals surface area contributed by atoms with Crippen LogP contribution in [0.25, 0.3) is 22.2 Å². The lowest BCUT2D eigenvalue weighted by Crippen LogP contribution is -2.40. The standard InChI is InChI=1S/C21H22ClF3N6O2/c1-31-7-3-4-11(10-31)28-19-27-9-14(21(23,24)25)17(30-19)13-8-26-18-12(13)5-6-15(16(18)22)29-20(32)33-2/h5-6,8-9,11,26H,3-4,7,10H2,1-2H3,(H,29,32)(H,27,28,30)/t11-/m0/s1. The number of hydrogen-bond donors (Lipinski definition) is 3. The third kappa shape index (κ3) is 4.83. The molecule has 1 fully saturated rings. The molecule has 1 aromatic carbocycles. The number of rotatable bonds is 4. The van der Waals surface area contributed by atoms with Crippen LogP contribution in [0.15, 0.2) is 24.5 Å². The van der Waals surface area contributed by atoms with Gasteiger partial charge in [0.15, 0.2) is 0 Å². The SMILES string of the molecule is COC(=O)Nc1ccc2c(-c3nc(N[C@H]4CCCN(C)C4)ncc3C(F)(F)F)c[nH]c2c1Cl. The zero-order chi connectivity index (χ0) is 23.8. The maximum Gasteiger partial charge on any atom is 0.419 e. The van der Waals surface area contributed by atoms with Gasteiger partial charge in [-0.1, -0.05) is 11.6 Å². The molecule has 0 radical (unpaired) electrons. The number of alkyl halides is 3. The Morgan fingerprint density at radius 2 is 2.15 bits per heavy atom. The number of amides is 1. The first-order valence-corrected chi connectivity index (χ1v) is 10.6. The molecule has 0 bridgehead atoms. The van der Waals surface area contributed by atoms with Crippen molar-refractivity contribution < 1.29 is 22.7 Å². The van der Waals surface area contributed by atoms with E-state index in [1.54, 1.807) is 6.07 Å². The lowest BCUT2D eigenvalue weighted by Gasteiger charge is -2.30. The Bertz CT molecular complexity index is 1180. The number of ether oxygens (including phenoxy) is 1. The predicted molar refractivity (Wildman–Crippen MR) is 120 cm³/mol. The van der Waals surface area contributed by atoms with Gasteiger partial charge in [0.2, 0.25) is 5.95 Å². The van der Waals surface area contributed by atoms with Gasteiger partial charge in [0, 0.05) is 35.9 Å². The molecule has 12 heteroatoms. The van der Waals surface area contributed by atoms with E-state index in [4.69, 9.17) is 11.6 Å². The summed E-state index contributed by atoms with van der Waals surface area (Å²) < 4.78 is 46.0. The van der Waals surface area contributed by atoms with Gasteiger partial charge in [0.1, 0.15) is 5.56 Å². The number of anilines is 2. The number of benzene rings is 1. The number of carbonyl (C=O) groups is 1. The number of H-pyrrole nitrogens is 1. The molecule has 4 rings (SSSR count). The van der Waals surface area contributed by atoms with Crippen LogP contribution in [-0.4, -0.2) is 59.2 Å². The van der Waals surface area contributed by atoms with E-state index in [1.807, 2.05) is 7.05 Å². The van der Waals surface area contributed by atoms with Crippen LogP contribution in [0.4, 0.5) is 29.6 Å². The van der Waals surface area contributed by atoms with E-state index >= 15 is 0 Å². The van der Waals surface area contributed by atoms with E-state index in [2.05, 4.69) is 35.2 Å². The summed E-state index contributed by atoms with van der Waals surface area (Å²) in [7, 11) is 3.20. The molecule has 3 aromatic rings. The van der Waals surface area contributed by atoms with E-state index in [-0.39, 0.29) is 34.0 Å². The molecular formula is C21H22ClF3N6O2. The predicted octanol–water partition coefficient (Wildman–Crippen LogP) is 4.98. The Morgan fingerprint density at radius 1 is 1.36 bits per heavy atom. The summed E-state index contributed by atoms with van der Waals surface area (Å²) in [6.45, 7) is 1.72. The minimum Gasteiger partial charge on any atom is -0.453 e. The smallest absolute Gasteiger partial charge is 0.419 e. The second-order valence-corrected chi connectivity index (χ2v) is 8.25. The number of likely N-dealkylation sites (tertiary alicyclic amines) is 1. The van der Waals surface area contributed by atoms with Crippen molar-refractivity contribution in [2.24, 2.45) is 0 Å². The molecule has 33 heavy (non-hydrogen) atoms. The summed E-state index contributed by atoms with van der Waals surface area (Å²) in [5, 5.41) is 6.18. The van der Waals surface area contributed by atoms with Crippen LogP contribution in [0, 0.1) is 0 Å². The summed E-state index contributed by atoms with van der Waals surface area (Å²) in [6.07, 6.45) is -1.31. The van der Waals surface area contributed by atoms with Gasteiger partial charge >= 0.3 is 12.3 Å². The molecule has 1 aliphatic rings. The van der Waals surface area contributed by atoms with Crippen molar-refractivity contribution in [2.45, 2.75) is 25.1 Å². The number of aromatic nitrogens is 3. The van der Waals surface area contributed by atoms with Crippen molar-refractivity contribution in [3.63, 3.8) is 0 Å². The van der Waals surface area contributed by atoms with Crippen molar-refractivity contribution in [1.29, 1.82) is 0 Å². The Kier molecular flexibility index (Phi) is 6.35. The summed E-state index contributed by atoms with van der Waals surface area (Å²) in [6, 6.07) is 3.09. The summed E-state index contributed by atoms with van der Waals surface area (Å²) in [5.41, 5.74) is -0.388. The molecule has 0 saturated carbocycles. The Hall–Kier alpha value is -3.05. The van der Waals surface area contributed by atoms with Gasteiger partial charge in [0.25, 0.3) is 0 Å². The minimum absolute atomic E-state index is 0.0395. The number of nitrogens with one attached hydrogen (secondary N) is 3. The van der Waals surface area contributed by atoms with Gasteiger partial charge in [-0.25, -0.2) is 14.8 Å². The number of piperidine rings is 1. The third-order valence-electron chi connectivity index (χ3n) is 5.52. The number of aromatic amines is 1. The Balaban J connectivity index is 1.76. The van der Waals surface area contributed by atoms with Gasteiger partial charge < -0.3 is 19.9 Å². The first-order chi connectivity index (χ1) is 15.7. The summed E-state index contributed by atoms with van der Waals surface area (Å²) in [5.74, 6) is 0.128. The second kappa shape index (κ2) is 9.06. The highest BCUT2D eigenvalue weighted by Crippen LogP contribution is 2.41. The highest BCUT2D eigenvalue weighted by molar-refractivity contribution is 6.38. The van der Waals surface area contributed by atoms with Crippen molar-refractivity contribution in [3.8, 4) is 11.3 Å². The van der Waals surface area contributed by atoms with Crippen LogP contribution < -0.4 is 10.6 Å². The van der Waals surface area contributed by atoms with E-state index in [0.717, 1.165) is 32.1 Å². The van der Waals surface area contributed by atoms with Crippen molar-refractivity contribution >= 4 is 40.2 Å². The molecule has 1 atom stereocenters. The number of hydrogen-bond acceptors (Lipinski definition) is 6. The molecule has 0 aliphatic carbocycles. The fourth-order valence-electron chi connectivity index (χ4n) is 3.95. The van der Waals surface area contributed by atoms with Gasteiger partial charge in [-0.05, 0) is 38.6 Å². The molecule has 8 nitrogen and oxygen atoms in total. The molecule has 1 aliphatic heterocycles. The van der Waals surface area contributed by atoms with Crippen LogP contribution in [0.3, 0.4) is 0 Å². The normalized spacial score (nSPS) is 17.2. The monoisotopic (exact) mass is 482 g/mol. The van der Waals surface area contributed by atoms with Gasteiger partial charge in [0.05, 0.1) is 29.0 Å². The quantitative estimate of drug-likeness (QED) is 0.485. The topological polar surface area (TPSA) is 95.2 Å². The number of methoxy groups -OCH3 is 1. The van der Waals surface area contributed by atoms with E-state index in [0.29, 0.717) is 10.9 Å². The van der Waals surface area contributed by atoms with Crippen molar-refractivity contribution in [1.82, 2.24) is 19.9 Å². The van der Waals surface area contributed by atoms with Gasteiger partial charge in [-0.2, -0.15) is 13.2 Å². The molecular weight excluding hydrogens is 461 g/mol. The zero-order valence-corrected chi connectivity index (χ0v) is 18.6. The number of carbonyl (C=O) groups excluding carboxylic acids is 1. The molecule has 176 valence electrons. The van der Waals surface area contributed by atoms with Crippen LogP contribution in [0.5, 0.6) is 0 Å². The molecule has 3 heterocycles. The maximum atomic E-state index is 13.8. The highest BCUT2D eigenvalue weighted by atomic mass is 35.5. The molecule has 2 aromatic heterocycles. The van der Waals surface area contributed by atoms with E-state index in [9.17, 15) is 18.0 Å². The number of nitrogens with zero attached hydrogens (tertiary/aromatic N) is 3. The third-order valence-corrected chi connectivity index (χ3v) is 5.91.